The summed E-state index contributed by atoms with van der Waals surface area (Å²) in [6.45, 7) is 9.59. The summed E-state index contributed by atoms with van der Waals surface area (Å²) >= 11 is 0. The van der Waals surface area contributed by atoms with Gasteiger partial charge in [0.05, 0.1) is 11.3 Å². The number of carbonyl (C=O) groups is 1. The van der Waals surface area contributed by atoms with E-state index in [9.17, 15) is 4.79 Å². The summed E-state index contributed by atoms with van der Waals surface area (Å²) in [5.41, 5.74) is 5.90. The van der Waals surface area contributed by atoms with Crippen LogP contribution in [0.5, 0.6) is 0 Å². The molecule has 3 atom stereocenters. The predicted octanol–water partition coefficient (Wildman–Crippen LogP) is 4.30. The average Bonchev–Trinajstić information content (AvgIpc) is 2.73. The van der Waals surface area contributed by atoms with Crippen LogP contribution in [0, 0.1) is 12.8 Å². The van der Waals surface area contributed by atoms with E-state index in [1.54, 1.807) is 12.4 Å². The van der Waals surface area contributed by atoms with E-state index in [0.29, 0.717) is 20.1 Å². The van der Waals surface area contributed by atoms with Crippen LogP contribution in [0.15, 0.2) is 58.9 Å². The van der Waals surface area contributed by atoms with Gasteiger partial charge in [-0.3, -0.25) is 15.1 Å². The summed E-state index contributed by atoms with van der Waals surface area (Å²) in [5, 5.41) is 6.66. The number of carbonyl (C=O) groups excluding carboxylic acids is 1. The fourth-order valence-electron chi connectivity index (χ4n) is 3.70. The van der Waals surface area contributed by atoms with Crippen molar-refractivity contribution in [1.82, 2.24) is 10.3 Å². The first-order valence-electron chi connectivity index (χ1n) is 10.6. The number of allylic oxidation sites excluding steroid dienone is 1. The van der Waals surface area contributed by atoms with Gasteiger partial charge in [0, 0.05) is 44.8 Å². The van der Waals surface area contributed by atoms with Crippen LogP contribution in [-0.4, -0.2) is 40.2 Å². The van der Waals surface area contributed by atoms with Crippen LogP contribution in [-0.2, 0) is 0 Å². The van der Waals surface area contributed by atoms with Crippen molar-refractivity contribution in [1.29, 1.82) is 0 Å². The maximum absolute atomic E-state index is 12.5. The molecule has 2 aliphatic heterocycles. The molecule has 4 rings (SSSR count). The largest absolute Gasteiger partial charge is 0.322 e. The lowest BCUT2D eigenvalue weighted by molar-refractivity contribution is -0.478. The highest BCUT2D eigenvalue weighted by atomic mass is 31.1. The lowest BCUT2D eigenvalue weighted by Gasteiger charge is -2.26. The van der Waals surface area contributed by atoms with E-state index < -0.39 is 0 Å². The van der Waals surface area contributed by atoms with E-state index in [4.69, 9.17) is 0 Å². The molecule has 0 aliphatic carbocycles. The smallest absolute Gasteiger partial charge is 0.257 e. The Bertz CT molecular complexity index is 1090. The Morgan fingerprint density at radius 1 is 1.23 bits per heavy atom. The maximum atomic E-state index is 12.5. The third-order valence-electron chi connectivity index (χ3n) is 5.24. The number of hydrogen-bond acceptors (Lipinski definition) is 4. The molecule has 2 aliphatic rings. The summed E-state index contributed by atoms with van der Waals surface area (Å²) in [5.74, 6) is 0.689. The number of aryl methyl sites for hydroxylation is 1. The van der Waals surface area contributed by atoms with Gasteiger partial charge in [0.1, 0.15) is 0 Å². The van der Waals surface area contributed by atoms with Crippen LogP contribution in [0.1, 0.15) is 48.3 Å². The zero-order valence-corrected chi connectivity index (χ0v) is 19.4. The van der Waals surface area contributed by atoms with Gasteiger partial charge in [-0.15, -0.1) is 0 Å². The van der Waals surface area contributed by atoms with Gasteiger partial charge in [-0.2, -0.15) is 4.58 Å². The lowest BCUT2D eigenvalue weighted by atomic mass is 10.1. The molecule has 160 valence electrons. The number of pyridine rings is 1. The number of nitrogens with one attached hydrogen (secondary N) is 2. The van der Waals surface area contributed by atoms with Gasteiger partial charge in [-0.05, 0) is 43.2 Å². The van der Waals surface area contributed by atoms with Crippen molar-refractivity contribution < 1.29 is 9.37 Å². The van der Waals surface area contributed by atoms with Crippen LogP contribution in [0.4, 0.5) is 5.69 Å². The summed E-state index contributed by atoms with van der Waals surface area (Å²) < 4.78 is 2.34. The standard InChI is InChI=1S/C24H28N5OP/c1-15(2)13-29-14-21-24(29)31-22(12-26-21)27-17(4)18-6-5-7-20(9-18)28-23(30)19-8-16(3)10-25-11-19/h5-12,14-15,17,22,27,31H,13H2,1-4H3/p+1. The molecule has 0 saturated heterocycles. The Morgan fingerprint density at radius 2 is 2.06 bits per heavy atom. The summed E-state index contributed by atoms with van der Waals surface area (Å²) in [4.78, 5) is 21.3. The van der Waals surface area contributed by atoms with Crippen LogP contribution in [0.2, 0.25) is 0 Å². The van der Waals surface area contributed by atoms with E-state index in [2.05, 4.69) is 58.2 Å². The van der Waals surface area contributed by atoms with Crippen molar-refractivity contribution in [2.24, 2.45) is 10.9 Å². The molecule has 0 radical (unpaired) electrons. The molecule has 3 heterocycles. The molecule has 6 nitrogen and oxygen atoms in total. The third-order valence-corrected chi connectivity index (χ3v) is 6.68. The normalized spacial score (nSPS) is 19.1. The van der Waals surface area contributed by atoms with Crippen molar-refractivity contribution in [2.75, 3.05) is 11.9 Å². The number of nitrogens with zero attached hydrogens (tertiary/aromatic N) is 3. The van der Waals surface area contributed by atoms with Crippen molar-refractivity contribution in [3.05, 3.63) is 70.6 Å². The minimum Gasteiger partial charge on any atom is -0.322 e. The second-order valence-corrected chi connectivity index (χ2v) is 9.91. The van der Waals surface area contributed by atoms with Crippen molar-refractivity contribution in [3.8, 4) is 0 Å². The Hall–Kier alpha value is -2.69. The van der Waals surface area contributed by atoms with Crippen LogP contribution < -0.4 is 10.6 Å². The Morgan fingerprint density at radius 3 is 2.84 bits per heavy atom. The molecule has 3 unspecified atom stereocenters. The highest BCUT2D eigenvalue weighted by Gasteiger charge is 2.34. The van der Waals surface area contributed by atoms with E-state index >= 15 is 0 Å². The van der Waals surface area contributed by atoms with E-state index in [1.165, 1.54) is 5.44 Å². The molecule has 7 heteroatoms. The first kappa shape index (κ1) is 21.5. The maximum Gasteiger partial charge on any atom is 0.257 e. The number of hydrogen-bond donors (Lipinski definition) is 2. The molecular weight excluding hydrogens is 405 g/mol. The molecule has 0 bridgehead atoms. The SMILES string of the molecule is Cc1cncc(C(=O)Nc2cccc(C(C)NC3C=NC4=C(P3)[N+](CC(C)C)=C4)c2)c1. The number of aliphatic imine (C=N–C) groups is 1. The first-order valence-corrected chi connectivity index (χ1v) is 11.7. The highest BCUT2D eigenvalue weighted by Crippen LogP contribution is 2.39. The minimum absolute atomic E-state index is 0.131. The zero-order chi connectivity index (χ0) is 22.0. The third kappa shape index (κ3) is 5.15. The van der Waals surface area contributed by atoms with Gasteiger partial charge >= 0.3 is 0 Å². The fourth-order valence-corrected chi connectivity index (χ4v) is 5.08. The van der Waals surface area contributed by atoms with Gasteiger partial charge < -0.3 is 5.32 Å². The van der Waals surface area contributed by atoms with Gasteiger partial charge in [0.2, 0.25) is 11.7 Å². The molecule has 0 saturated carbocycles. The summed E-state index contributed by atoms with van der Waals surface area (Å²) in [6.07, 6.45) is 7.49. The van der Waals surface area contributed by atoms with Crippen molar-refractivity contribution >= 4 is 32.6 Å². The fraction of sp³-hybridized carbons (Fsp3) is 0.333. The predicted molar refractivity (Wildman–Crippen MR) is 129 cm³/mol. The molecule has 1 amide bonds. The topological polar surface area (TPSA) is 69.4 Å². The summed E-state index contributed by atoms with van der Waals surface area (Å²) in [6, 6.07) is 9.95. The molecule has 0 spiro atoms. The monoisotopic (exact) mass is 434 g/mol. The van der Waals surface area contributed by atoms with Gasteiger partial charge in [0.15, 0.2) is 12.2 Å². The Labute approximate surface area is 185 Å². The lowest BCUT2D eigenvalue weighted by Crippen LogP contribution is -2.35. The first-order chi connectivity index (χ1) is 14.9. The van der Waals surface area contributed by atoms with Crippen molar-refractivity contribution in [2.45, 2.75) is 39.5 Å². The van der Waals surface area contributed by atoms with E-state index in [0.717, 1.165) is 29.1 Å². The highest BCUT2D eigenvalue weighted by molar-refractivity contribution is 7.44. The zero-order valence-electron chi connectivity index (χ0n) is 18.4. The number of benzene rings is 1. The molecule has 1 aromatic carbocycles. The number of amides is 1. The number of anilines is 1. The number of rotatable bonds is 7. The second-order valence-electron chi connectivity index (χ2n) is 8.53. The quantitative estimate of drug-likeness (QED) is 0.504. The Balaban J connectivity index is 1.37. The minimum atomic E-state index is -0.152. The van der Waals surface area contributed by atoms with Gasteiger partial charge in [-0.1, -0.05) is 26.0 Å². The van der Waals surface area contributed by atoms with Crippen molar-refractivity contribution in [3.63, 3.8) is 0 Å². The van der Waals surface area contributed by atoms with Gasteiger partial charge in [-0.25, -0.2) is 4.99 Å². The molecule has 31 heavy (non-hydrogen) atoms. The number of aromatic nitrogens is 1. The molecular formula is C24H29N5OP+. The molecule has 0 fully saturated rings. The molecule has 2 N–H and O–H groups in total. The molecule has 1 aromatic heterocycles. The molecule has 2 aromatic rings. The van der Waals surface area contributed by atoms with Crippen LogP contribution >= 0.6 is 8.58 Å². The van der Waals surface area contributed by atoms with Crippen LogP contribution in [0.25, 0.3) is 0 Å². The van der Waals surface area contributed by atoms with Crippen LogP contribution in [0.3, 0.4) is 0 Å². The second kappa shape index (κ2) is 9.21. The summed E-state index contributed by atoms with van der Waals surface area (Å²) in [7, 11) is 0.662. The van der Waals surface area contributed by atoms with E-state index in [-0.39, 0.29) is 17.7 Å². The van der Waals surface area contributed by atoms with Gasteiger partial charge in [0.25, 0.3) is 5.91 Å². The Kier molecular flexibility index (Phi) is 6.40. The van der Waals surface area contributed by atoms with E-state index in [1.807, 2.05) is 37.4 Å². The average molecular weight is 435 g/mol.